The summed E-state index contributed by atoms with van der Waals surface area (Å²) in [6.45, 7) is 7.03. The van der Waals surface area contributed by atoms with Gasteiger partial charge in [0, 0.05) is 11.8 Å². The number of rotatable bonds is 4. The number of hydrazone groups is 1. The van der Waals surface area contributed by atoms with Crippen molar-refractivity contribution in [2.75, 3.05) is 0 Å². The molecule has 0 aliphatic heterocycles. The lowest BCUT2D eigenvalue weighted by Crippen LogP contribution is -2.34. The summed E-state index contributed by atoms with van der Waals surface area (Å²) >= 11 is 0. The van der Waals surface area contributed by atoms with Crippen LogP contribution >= 0.6 is 0 Å². The molecule has 1 saturated carbocycles. The Morgan fingerprint density at radius 1 is 1.25 bits per heavy atom. The fourth-order valence-corrected chi connectivity index (χ4v) is 2.06. The van der Waals surface area contributed by atoms with E-state index in [1.165, 1.54) is 12.8 Å². The molecule has 0 unspecified atom stereocenters. The van der Waals surface area contributed by atoms with Crippen LogP contribution in [0.5, 0.6) is 0 Å². The van der Waals surface area contributed by atoms with Gasteiger partial charge in [-0.3, -0.25) is 4.79 Å². The van der Waals surface area contributed by atoms with E-state index >= 15 is 0 Å². The van der Waals surface area contributed by atoms with Crippen molar-refractivity contribution in [2.24, 2.45) is 5.10 Å². The van der Waals surface area contributed by atoms with E-state index in [9.17, 15) is 9.59 Å². The summed E-state index contributed by atoms with van der Waals surface area (Å²) in [5.74, 6) is -0.0517. The lowest BCUT2D eigenvalue weighted by Gasteiger charge is -2.18. The van der Waals surface area contributed by atoms with Gasteiger partial charge in [0.2, 0.25) is 5.91 Å². The molecule has 1 rings (SSSR count). The normalized spacial score (nSPS) is 16.9. The molecule has 0 spiro atoms. The highest BCUT2D eigenvalue weighted by molar-refractivity contribution is 6.00. The second-order valence-electron chi connectivity index (χ2n) is 6.19. The maximum Gasteiger partial charge on any atom is 0.428 e. The van der Waals surface area contributed by atoms with E-state index in [1.54, 1.807) is 27.7 Å². The number of nitrogens with zero attached hydrogens (tertiary/aromatic N) is 1. The Hall–Kier alpha value is -1.59. The highest BCUT2D eigenvalue weighted by Crippen LogP contribution is 2.17. The second-order valence-corrected chi connectivity index (χ2v) is 6.19. The van der Waals surface area contributed by atoms with E-state index in [1.807, 2.05) is 0 Å². The van der Waals surface area contributed by atoms with Crippen LogP contribution in [-0.4, -0.2) is 29.4 Å². The van der Waals surface area contributed by atoms with E-state index in [4.69, 9.17) is 4.74 Å². The van der Waals surface area contributed by atoms with Crippen molar-refractivity contribution in [2.45, 2.75) is 71.4 Å². The van der Waals surface area contributed by atoms with Crippen molar-refractivity contribution in [3.05, 3.63) is 0 Å². The minimum absolute atomic E-state index is 0.0517. The zero-order chi connectivity index (χ0) is 15.2. The van der Waals surface area contributed by atoms with E-state index in [0.29, 0.717) is 11.8 Å². The number of ether oxygens (including phenoxy) is 1. The summed E-state index contributed by atoms with van der Waals surface area (Å²) in [5, 5.41) is 6.83. The first-order valence-corrected chi connectivity index (χ1v) is 7.08. The summed E-state index contributed by atoms with van der Waals surface area (Å²) in [7, 11) is 0. The molecule has 6 nitrogen and oxygen atoms in total. The summed E-state index contributed by atoms with van der Waals surface area (Å²) in [5.41, 5.74) is 2.27. The second kappa shape index (κ2) is 7.26. The molecule has 1 fully saturated rings. The van der Waals surface area contributed by atoms with Crippen molar-refractivity contribution >= 4 is 17.7 Å². The molecule has 0 atom stereocenters. The van der Waals surface area contributed by atoms with Crippen LogP contribution < -0.4 is 10.7 Å². The Kier molecular flexibility index (Phi) is 5.98. The van der Waals surface area contributed by atoms with Gasteiger partial charge in [0.1, 0.15) is 5.60 Å². The number of amides is 2. The zero-order valence-electron chi connectivity index (χ0n) is 12.8. The van der Waals surface area contributed by atoms with Crippen LogP contribution in [0, 0.1) is 0 Å². The highest BCUT2D eigenvalue weighted by Gasteiger charge is 2.18. The fourth-order valence-electron chi connectivity index (χ4n) is 2.06. The van der Waals surface area contributed by atoms with Gasteiger partial charge in [-0.2, -0.15) is 5.10 Å². The highest BCUT2D eigenvalue weighted by atomic mass is 16.6. The third-order valence-corrected chi connectivity index (χ3v) is 2.87. The standard InChI is InChI=1S/C14H25N3O3/c1-10(16-17-13(19)20-14(2,3)4)9-12(18)15-11-7-5-6-8-11/h11H,5-9H2,1-4H3,(H,15,18)(H,17,19)/b16-10-. The predicted molar refractivity (Wildman–Crippen MR) is 77.5 cm³/mol. The first-order chi connectivity index (χ1) is 9.26. The minimum Gasteiger partial charge on any atom is -0.443 e. The molecule has 0 aromatic heterocycles. The Morgan fingerprint density at radius 2 is 1.85 bits per heavy atom. The smallest absolute Gasteiger partial charge is 0.428 e. The number of hydrogen-bond acceptors (Lipinski definition) is 4. The van der Waals surface area contributed by atoms with Gasteiger partial charge in [-0.1, -0.05) is 12.8 Å². The topological polar surface area (TPSA) is 79.8 Å². The third-order valence-electron chi connectivity index (χ3n) is 2.87. The van der Waals surface area contributed by atoms with Gasteiger partial charge in [-0.05, 0) is 40.5 Å². The van der Waals surface area contributed by atoms with E-state index in [2.05, 4.69) is 15.8 Å². The van der Waals surface area contributed by atoms with Crippen molar-refractivity contribution < 1.29 is 14.3 Å². The van der Waals surface area contributed by atoms with Gasteiger partial charge >= 0.3 is 6.09 Å². The largest absolute Gasteiger partial charge is 0.443 e. The Bertz CT molecular complexity index is 380. The van der Waals surface area contributed by atoms with Crippen LogP contribution in [0.3, 0.4) is 0 Å². The number of nitrogens with one attached hydrogen (secondary N) is 2. The molecule has 0 saturated heterocycles. The fraction of sp³-hybridized carbons (Fsp3) is 0.786. The first kappa shape index (κ1) is 16.5. The van der Waals surface area contributed by atoms with Crippen LogP contribution in [0.2, 0.25) is 0 Å². The summed E-state index contributed by atoms with van der Waals surface area (Å²) in [6.07, 6.45) is 4.03. The molecule has 1 aliphatic rings. The molecule has 2 N–H and O–H groups in total. The summed E-state index contributed by atoms with van der Waals surface area (Å²) in [4.78, 5) is 23.1. The summed E-state index contributed by atoms with van der Waals surface area (Å²) < 4.78 is 5.04. The van der Waals surface area contributed by atoms with Gasteiger partial charge in [0.15, 0.2) is 0 Å². The van der Waals surface area contributed by atoms with Crippen LogP contribution in [0.25, 0.3) is 0 Å². The van der Waals surface area contributed by atoms with Gasteiger partial charge < -0.3 is 10.1 Å². The third kappa shape index (κ3) is 7.11. The van der Waals surface area contributed by atoms with Crippen molar-refractivity contribution in [3.8, 4) is 0 Å². The summed E-state index contributed by atoms with van der Waals surface area (Å²) in [6, 6.07) is 0.300. The zero-order valence-corrected chi connectivity index (χ0v) is 12.8. The molecular formula is C14H25N3O3. The van der Waals surface area contributed by atoms with Crippen molar-refractivity contribution in [3.63, 3.8) is 0 Å². The molecular weight excluding hydrogens is 258 g/mol. The van der Waals surface area contributed by atoms with Crippen molar-refractivity contribution in [1.82, 2.24) is 10.7 Å². The van der Waals surface area contributed by atoms with Gasteiger partial charge in [0.25, 0.3) is 0 Å². The van der Waals surface area contributed by atoms with Gasteiger partial charge in [-0.15, -0.1) is 0 Å². The van der Waals surface area contributed by atoms with Gasteiger partial charge in [-0.25, -0.2) is 10.2 Å². The SMILES string of the molecule is C/C(CC(=O)NC1CCCC1)=N/NC(=O)OC(C)(C)C. The Balaban J connectivity index is 2.29. The van der Waals surface area contributed by atoms with Crippen LogP contribution in [0.15, 0.2) is 5.10 Å². The maximum atomic E-state index is 11.7. The van der Waals surface area contributed by atoms with Crippen LogP contribution in [0.4, 0.5) is 4.79 Å². The van der Waals surface area contributed by atoms with Gasteiger partial charge in [0.05, 0.1) is 6.42 Å². The monoisotopic (exact) mass is 283 g/mol. The Labute approximate surface area is 120 Å². The molecule has 6 heteroatoms. The molecule has 0 bridgehead atoms. The average molecular weight is 283 g/mol. The lowest BCUT2D eigenvalue weighted by molar-refractivity contribution is -0.120. The molecule has 20 heavy (non-hydrogen) atoms. The van der Waals surface area contributed by atoms with Crippen LogP contribution in [0.1, 0.15) is 59.8 Å². The minimum atomic E-state index is -0.618. The van der Waals surface area contributed by atoms with E-state index in [0.717, 1.165) is 12.8 Å². The van der Waals surface area contributed by atoms with Crippen LogP contribution in [-0.2, 0) is 9.53 Å². The number of carbonyl (C=O) groups excluding carboxylic acids is 2. The maximum absolute atomic E-state index is 11.7. The molecule has 0 aromatic rings. The Morgan fingerprint density at radius 3 is 2.40 bits per heavy atom. The number of carbonyl (C=O) groups is 2. The lowest BCUT2D eigenvalue weighted by atomic mass is 10.2. The first-order valence-electron chi connectivity index (χ1n) is 7.08. The molecule has 0 heterocycles. The molecule has 2 amide bonds. The van der Waals surface area contributed by atoms with Crippen molar-refractivity contribution in [1.29, 1.82) is 0 Å². The molecule has 0 radical (unpaired) electrons. The number of hydrogen-bond donors (Lipinski definition) is 2. The molecule has 0 aromatic carbocycles. The van der Waals surface area contributed by atoms with E-state index < -0.39 is 11.7 Å². The molecule has 1 aliphatic carbocycles. The average Bonchev–Trinajstić information content (AvgIpc) is 2.76. The predicted octanol–water partition coefficient (Wildman–Crippen LogP) is 2.34. The molecule has 114 valence electrons. The quantitative estimate of drug-likeness (QED) is 0.614. The van der Waals surface area contributed by atoms with E-state index in [-0.39, 0.29) is 12.3 Å².